The molecule has 0 aliphatic heterocycles. The molecule has 0 saturated carbocycles. The molecular formula is C30H36F6O5. The smallest absolute Gasteiger partial charge is 0.430 e. The van der Waals surface area contributed by atoms with E-state index in [0.29, 0.717) is 36.7 Å². The molecule has 0 radical (unpaired) electrons. The van der Waals surface area contributed by atoms with E-state index < -0.39 is 35.4 Å². The summed E-state index contributed by atoms with van der Waals surface area (Å²) in [5.41, 5.74) is -2.42. The Morgan fingerprint density at radius 1 is 0.927 bits per heavy atom. The van der Waals surface area contributed by atoms with Crippen molar-refractivity contribution in [2.24, 2.45) is 0 Å². The molecule has 0 aliphatic carbocycles. The topological polar surface area (TPSA) is 87.0 Å². The summed E-state index contributed by atoms with van der Waals surface area (Å²) in [6.07, 6.45) is -10.5. The van der Waals surface area contributed by atoms with Gasteiger partial charge in [0.25, 0.3) is 5.60 Å². The van der Waals surface area contributed by atoms with Crippen molar-refractivity contribution >= 4 is 12.0 Å². The second-order valence-electron chi connectivity index (χ2n) is 10.2. The predicted octanol–water partition coefficient (Wildman–Crippen LogP) is 7.27. The zero-order chi connectivity index (χ0) is 31.2. The summed E-state index contributed by atoms with van der Waals surface area (Å²) < 4.78 is 84.1. The van der Waals surface area contributed by atoms with E-state index in [4.69, 9.17) is 9.84 Å². The molecular weight excluding hydrogens is 554 g/mol. The van der Waals surface area contributed by atoms with Crippen LogP contribution in [-0.4, -0.2) is 52.0 Å². The molecule has 41 heavy (non-hydrogen) atoms. The van der Waals surface area contributed by atoms with Crippen LogP contribution in [0, 0.1) is 13.8 Å². The molecule has 228 valence electrons. The standard InChI is InChI=1S/C30H36F6O5/c1-5-27(6-2,23-12-13-25(20(4)17-23)41-18-24(37)8-7-9-26(38)39)22-11-10-21(19(3)16-22)14-15-28(40,29(31,32)33)30(34,35)36/h10-17,24,37,40H,5-9,18H2,1-4H3,(H,38,39)/t24-/m1/s1. The third kappa shape index (κ3) is 7.82. The van der Waals surface area contributed by atoms with Crippen molar-refractivity contribution < 1.29 is 51.2 Å². The third-order valence-electron chi connectivity index (χ3n) is 7.48. The Bertz CT molecular complexity index is 1200. The zero-order valence-electron chi connectivity index (χ0n) is 23.4. The van der Waals surface area contributed by atoms with E-state index in [2.05, 4.69) is 0 Å². The second-order valence-corrected chi connectivity index (χ2v) is 10.2. The molecule has 3 N–H and O–H groups in total. The summed E-state index contributed by atoms with van der Waals surface area (Å²) in [5, 5.41) is 28.2. The van der Waals surface area contributed by atoms with Gasteiger partial charge in [0.15, 0.2) is 0 Å². The minimum atomic E-state index is -5.94. The predicted molar refractivity (Wildman–Crippen MR) is 143 cm³/mol. The maximum Gasteiger partial charge on any atom is 0.430 e. The maximum atomic E-state index is 13.1. The van der Waals surface area contributed by atoms with Crippen molar-refractivity contribution in [3.63, 3.8) is 0 Å². The van der Waals surface area contributed by atoms with Crippen molar-refractivity contribution in [3.8, 4) is 5.75 Å². The van der Waals surface area contributed by atoms with Crippen molar-refractivity contribution in [1.82, 2.24) is 0 Å². The Hall–Kier alpha value is -3.05. The van der Waals surface area contributed by atoms with E-state index in [1.54, 1.807) is 25.1 Å². The molecule has 11 heteroatoms. The summed E-state index contributed by atoms with van der Waals surface area (Å²) >= 11 is 0. The van der Waals surface area contributed by atoms with Crippen LogP contribution in [0.3, 0.4) is 0 Å². The first-order valence-electron chi connectivity index (χ1n) is 13.2. The number of aliphatic carboxylic acids is 1. The number of alkyl halides is 6. The first-order chi connectivity index (χ1) is 18.9. The molecule has 0 bridgehead atoms. The highest BCUT2D eigenvalue weighted by molar-refractivity contribution is 5.66. The molecule has 2 rings (SSSR count). The highest BCUT2D eigenvalue weighted by Crippen LogP contribution is 2.45. The van der Waals surface area contributed by atoms with Gasteiger partial charge in [-0.05, 0) is 79.5 Å². The van der Waals surface area contributed by atoms with Gasteiger partial charge in [-0.3, -0.25) is 4.79 Å². The van der Waals surface area contributed by atoms with Gasteiger partial charge in [-0.15, -0.1) is 0 Å². The van der Waals surface area contributed by atoms with Crippen LogP contribution in [0.15, 0.2) is 42.5 Å². The molecule has 0 saturated heterocycles. The number of carboxylic acid groups (broad SMARTS) is 1. The van der Waals surface area contributed by atoms with Gasteiger partial charge in [-0.25, -0.2) is 0 Å². The van der Waals surface area contributed by atoms with Crippen LogP contribution in [-0.2, 0) is 10.2 Å². The zero-order valence-corrected chi connectivity index (χ0v) is 23.4. The summed E-state index contributed by atoms with van der Waals surface area (Å²) in [7, 11) is 0. The Labute approximate surface area is 235 Å². The number of ether oxygens (including phenoxy) is 1. The lowest BCUT2D eigenvalue weighted by atomic mass is 9.70. The van der Waals surface area contributed by atoms with Gasteiger partial charge in [0.2, 0.25) is 0 Å². The van der Waals surface area contributed by atoms with Gasteiger partial charge < -0.3 is 20.1 Å². The monoisotopic (exact) mass is 590 g/mol. The number of carboxylic acids is 1. The number of hydrogen-bond acceptors (Lipinski definition) is 4. The van der Waals surface area contributed by atoms with Crippen molar-refractivity contribution in [2.45, 2.75) is 89.3 Å². The number of carbonyl (C=O) groups is 1. The molecule has 0 unspecified atom stereocenters. The second kappa shape index (κ2) is 13.3. The maximum absolute atomic E-state index is 13.1. The normalized spacial score (nSPS) is 14.0. The van der Waals surface area contributed by atoms with E-state index in [9.17, 15) is 41.4 Å². The summed E-state index contributed by atoms with van der Waals surface area (Å²) in [6, 6.07) is 10.4. The molecule has 0 heterocycles. The van der Waals surface area contributed by atoms with Gasteiger partial charge in [-0.1, -0.05) is 50.3 Å². The van der Waals surface area contributed by atoms with Crippen LogP contribution in [0.25, 0.3) is 6.08 Å². The number of aliphatic hydroxyl groups excluding tert-OH is 1. The minimum Gasteiger partial charge on any atom is -0.491 e. The van der Waals surface area contributed by atoms with Crippen LogP contribution in [0.2, 0.25) is 0 Å². The largest absolute Gasteiger partial charge is 0.491 e. The fraction of sp³-hybridized carbons (Fsp3) is 0.500. The Kier molecular flexibility index (Phi) is 11.1. The van der Waals surface area contributed by atoms with Gasteiger partial charge in [0.1, 0.15) is 12.4 Å². The average molecular weight is 591 g/mol. The van der Waals surface area contributed by atoms with Gasteiger partial charge in [0.05, 0.1) is 6.10 Å². The number of benzene rings is 2. The lowest BCUT2D eigenvalue weighted by molar-refractivity contribution is -0.347. The van der Waals surface area contributed by atoms with E-state index in [-0.39, 0.29) is 31.1 Å². The number of aryl methyl sites for hydroxylation is 2. The van der Waals surface area contributed by atoms with Crippen LogP contribution < -0.4 is 4.74 Å². The Morgan fingerprint density at radius 2 is 1.46 bits per heavy atom. The molecule has 1 atom stereocenters. The Morgan fingerprint density at radius 3 is 1.93 bits per heavy atom. The van der Waals surface area contributed by atoms with Crippen LogP contribution in [0.4, 0.5) is 26.3 Å². The molecule has 0 spiro atoms. The highest BCUT2D eigenvalue weighted by atomic mass is 19.4. The summed E-state index contributed by atoms with van der Waals surface area (Å²) in [6.45, 7) is 7.37. The van der Waals surface area contributed by atoms with Crippen LogP contribution in [0.5, 0.6) is 5.75 Å². The molecule has 2 aromatic rings. The fourth-order valence-electron chi connectivity index (χ4n) is 4.82. The number of halogens is 6. The molecule has 0 fully saturated rings. The lowest BCUT2D eigenvalue weighted by Gasteiger charge is -2.34. The first-order valence-corrected chi connectivity index (χ1v) is 13.2. The van der Waals surface area contributed by atoms with Crippen molar-refractivity contribution in [1.29, 1.82) is 0 Å². The number of aliphatic hydroxyl groups is 2. The molecule has 0 aromatic heterocycles. The quantitative estimate of drug-likeness (QED) is 0.214. The van der Waals surface area contributed by atoms with Gasteiger partial charge in [-0.2, -0.15) is 26.3 Å². The summed E-state index contributed by atoms with van der Waals surface area (Å²) in [4.78, 5) is 10.6. The van der Waals surface area contributed by atoms with Gasteiger partial charge >= 0.3 is 18.3 Å². The third-order valence-corrected chi connectivity index (χ3v) is 7.48. The van der Waals surface area contributed by atoms with Crippen molar-refractivity contribution in [3.05, 3.63) is 70.3 Å². The number of rotatable bonds is 13. The number of hydrogen-bond donors (Lipinski definition) is 3. The lowest BCUT2D eigenvalue weighted by Crippen LogP contribution is -2.55. The first kappa shape index (κ1) is 34.2. The molecule has 0 amide bonds. The molecule has 0 aliphatic rings. The van der Waals surface area contributed by atoms with Crippen molar-refractivity contribution in [2.75, 3.05) is 6.61 Å². The van der Waals surface area contributed by atoms with E-state index >= 15 is 0 Å². The Balaban J connectivity index is 2.34. The SMILES string of the molecule is CCC(CC)(c1ccc(C=CC(O)(C(F)(F)F)C(F)(F)F)c(C)c1)c1ccc(OC[C@H](O)CCCC(=O)O)c(C)c1. The average Bonchev–Trinajstić information content (AvgIpc) is 2.87. The highest BCUT2D eigenvalue weighted by Gasteiger charge is 2.68. The molecule has 2 aromatic carbocycles. The fourth-order valence-corrected chi connectivity index (χ4v) is 4.82. The minimum absolute atomic E-state index is 0.00151. The molecule has 5 nitrogen and oxygen atoms in total. The van der Waals surface area contributed by atoms with E-state index in [0.717, 1.165) is 16.7 Å². The van der Waals surface area contributed by atoms with Crippen LogP contribution >= 0.6 is 0 Å². The van der Waals surface area contributed by atoms with E-state index in [1.165, 1.54) is 6.07 Å². The van der Waals surface area contributed by atoms with E-state index in [1.807, 2.05) is 32.9 Å². The van der Waals surface area contributed by atoms with Gasteiger partial charge in [0, 0.05) is 11.8 Å². The summed E-state index contributed by atoms with van der Waals surface area (Å²) in [5.74, 6) is -0.387. The van der Waals surface area contributed by atoms with Crippen LogP contribution in [0.1, 0.15) is 73.8 Å².